The highest BCUT2D eigenvalue weighted by molar-refractivity contribution is 6.34. The van der Waals surface area contributed by atoms with Crippen LogP contribution in [-0.2, 0) is 9.59 Å². The molecule has 1 aliphatic carbocycles. The molecule has 1 aliphatic heterocycles. The van der Waals surface area contributed by atoms with Gasteiger partial charge in [0, 0.05) is 5.56 Å². The predicted molar refractivity (Wildman–Crippen MR) is 117 cm³/mol. The Bertz CT molecular complexity index is 1060. The van der Waals surface area contributed by atoms with Crippen molar-refractivity contribution in [3.05, 3.63) is 64.7 Å². The number of fused-ring (bicyclic) bond motifs is 1. The van der Waals surface area contributed by atoms with Crippen molar-refractivity contribution in [2.45, 2.75) is 25.7 Å². The summed E-state index contributed by atoms with van der Waals surface area (Å²) in [4.78, 5) is 52.9. The van der Waals surface area contributed by atoms with E-state index in [1.807, 2.05) is 0 Å². The third-order valence-corrected chi connectivity index (χ3v) is 6.41. The Balaban J connectivity index is 1.71. The van der Waals surface area contributed by atoms with E-state index in [4.69, 9.17) is 16.3 Å². The second kappa shape index (κ2) is 9.12. The number of nitrogens with zero attached hydrogens (tertiary/aromatic N) is 2. The summed E-state index contributed by atoms with van der Waals surface area (Å²) in [5, 5.41) is 2.00. The average molecular weight is 455 g/mol. The van der Waals surface area contributed by atoms with Gasteiger partial charge < -0.3 is 4.74 Å². The lowest BCUT2D eigenvalue weighted by atomic mass is 9.81. The number of imide groups is 1. The number of carbonyl (C=O) groups excluding carboxylic acids is 4. The van der Waals surface area contributed by atoms with Gasteiger partial charge in [-0.05, 0) is 37.1 Å². The maximum absolute atomic E-state index is 13.5. The summed E-state index contributed by atoms with van der Waals surface area (Å²) < 4.78 is 5.17. The van der Waals surface area contributed by atoms with E-state index in [-0.39, 0.29) is 10.6 Å². The lowest BCUT2D eigenvalue weighted by molar-refractivity contribution is -0.154. The molecule has 2 aliphatic rings. The number of Topliss-reactive ketones (excluding diaryl/α,β-unsaturated/α-hetero) is 1. The van der Waals surface area contributed by atoms with Crippen LogP contribution in [0.3, 0.4) is 0 Å². The SMILES string of the molecule is COc1cccc(C(=O)CN(C(=O)c2ccccc2Cl)N2C(=O)[C@H]3CCCC[C@@H]3C2=O)c1. The number of halogens is 1. The molecular weight excluding hydrogens is 432 g/mol. The van der Waals surface area contributed by atoms with E-state index >= 15 is 0 Å². The number of ketones is 1. The molecule has 1 heterocycles. The summed E-state index contributed by atoms with van der Waals surface area (Å²) in [6.45, 7) is -0.478. The van der Waals surface area contributed by atoms with Gasteiger partial charge in [-0.1, -0.05) is 48.7 Å². The molecule has 4 rings (SSSR count). The molecule has 2 fully saturated rings. The van der Waals surface area contributed by atoms with Crippen LogP contribution in [0.1, 0.15) is 46.4 Å². The number of hydrazine groups is 1. The first-order chi connectivity index (χ1) is 15.4. The Labute approximate surface area is 190 Å². The third kappa shape index (κ3) is 4.00. The first-order valence-electron chi connectivity index (χ1n) is 10.5. The fraction of sp³-hybridized carbons (Fsp3) is 0.333. The number of amides is 3. The molecule has 2 atom stereocenters. The molecular formula is C24H23ClN2O5. The fourth-order valence-corrected chi connectivity index (χ4v) is 4.63. The van der Waals surface area contributed by atoms with E-state index in [1.54, 1.807) is 42.5 Å². The van der Waals surface area contributed by atoms with Crippen LogP contribution in [0.15, 0.2) is 48.5 Å². The number of methoxy groups -OCH3 is 1. The normalized spacial score (nSPS) is 20.1. The van der Waals surface area contributed by atoms with Gasteiger partial charge in [-0.15, -0.1) is 0 Å². The van der Waals surface area contributed by atoms with Gasteiger partial charge in [0.25, 0.3) is 17.7 Å². The van der Waals surface area contributed by atoms with Crippen molar-refractivity contribution >= 4 is 35.1 Å². The number of hydrogen-bond donors (Lipinski definition) is 0. The standard InChI is InChI=1S/C24H23ClN2O5/c1-32-16-8-6-7-15(13-16)21(28)14-26(22(29)19-11-4-5-12-20(19)25)27-23(30)17-9-2-3-10-18(17)24(27)31/h4-8,11-13,17-18H,2-3,9-10,14H2,1H3/t17-,18-/m0/s1. The molecule has 166 valence electrons. The maximum atomic E-state index is 13.5. The smallest absolute Gasteiger partial charge is 0.274 e. The van der Waals surface area contributed by atoms with Gasteiger partial charge in [-0.3, -0.25) is 19.2 Å². The molecule has 0 aromatic heterocycles. The highest BCUT2D eigenvalue weighted by Crippen LogP contribution is 2.39. The van der Waals surface area contributed by atoms with Gasteiger partial charge in [0.2, 0.25) is 0 Å². The minimum absolute atomic E-state index is 0.114. The van der Waals surface area contributed by atoms with Crippen LogP contribution in [0.25, 0.3) is 0 Å². The van der Waals surface area contributed by atoms with E-state index in [0.717, 1.165) is 22.9 Å². The first kappa shape index (κ1) is 22.0. The predicted octanol–water partition coefficient (Wildman–Crippen LogP) is 3.76. The molecule has 0 radical (unpaired) electrons. The van der Waals surface area contributed by atoms with Gasteiger partial charge in [-0.25, -0.2) is 5.01 Å². The van der Waals surface area contributed by atoms with Gasteiger partial charge in [0.1, 0.15) is 12.3 Å². The third-order valence-electron chi connectivity index (χ3n) is 6.08. The molecule has 0 unspecified atom stereocenters. The molecule has 32 heavy (non-hydrogen) atoms. The number of rotatable bonds is 6. The Kier molecular flexibility index (Phi) is 6.28. The van der Waals surface area contributed by atoms with E-state index in [2.05, 4.69) is 0 Å². The summed E-state index contributed by atoms with van der Waals surface area (Å²) in [6.07, 6.45) is 2.91. The van der Waals surface area contributed by atoms with E-state index < -0.39 is 41.9 Å². The monoisotopic (exact) mass is 454 g/mol. The lowest BCUT2D eigenvalue weighted by Crippen LogP contribution is -2.52. The second-order valence-electron chi connectivity index (χ2n) is 7.98. The fourth-order valence-electron chi connectivity index (χ4n) is 4.41. The zero-order chi connectivity index (χ0) is 22.8. The number of ether oxygens (including phenoxy) is 1. The molecule has 0 bridgehead atoms. The summed E-state index contributed by atoms with van der Waals surface area (Å²) in [6, 6.07) is 12.9. The van der Waals surface area contributed by atoms with E-state index in [9.17, 15) is 19.2 Å². The molecule has 0 N–H and O–H groups in total. The van der Waals surface area contributed by atoms with Crippen LogP contribution in [0, 0.1) is 11.8 Å². The topological polar surface area (TPSA) is 84.0 Å². The van der Waals surface area contributed by atoms with Crippen molar-refractivity contribution < 1.29 is 23.9 Å². The van der Waals surface area contributed by atoms with Gasteiger partial charge >= 0.3 is 0 Å². The van der Waals surface area contributed by atoms with Crippen molar-refractivity contribution in [2.24, 2.45) is 11.8 Å². The molecule has 2 aromatic rings. The van der Waals surface area contributed by atoms with Crippen LogP contribution < -0.4 is 4.74 Å². The second-order valence-corrected chi connectivity index (χ2v) is 8.39. The molecule has 8 heteroatoms. The van der Waals surface area contributed by atoms with Crippen molar-refractivity contribution in [3.63, 3.8) is 0 Å². The highest BCUT2D eigenvalue weighted by Gasteiger charge is 2.51. The largest absolute Gasteiger partial charge is 0.497 e. The Hall–Kier alpha value is -3.19. The van der Waals surface area contributed by atoms with Crippen molar-refractivity contribution in [2.75, 3.05) is 13.7 Å². The van der Waals surface area contributed by atoms with Crippen LogP contribution in [-0.4, -0.2) is 47.2 Å². The van der Waals surface area contributed by atoms with Crippen molar-refractivity contribution in [1.82, 2.24) is 10.0 Å². The molecule has 2 aromatic carbocycles. The van der Waals surface area contributed by atoms with Crippen molar-refractivity contribution in [1.29, 1.82) is 0 Å². The molecule has 3 amide bonds. The Morgan fingerprint density at radius 2 is 1.69 bits per heavy atom. The minimum Gasteiger partial charge on any atom is -0.497 e. The Morgan fingerprint density at radius 1 is 1.03 bits per heavy atom. The summed E-state index contributed by atoms with van der Waals surface area (Å²) in [7, 11) is 1.49. The average Bonchev–Trinajstić information content (AvgIpc) is 3.07. The van der Waals surface area contributed by atoms with Crippen LogP contribution >= 0.6 is 11.6 Å². The molecule has 1 saturated heterocycles. The summed E-state index contributed by atoms with van der Waals surface area (Å²) >= 11 is 6.22. The quantitative estimate of drug-likeness (QED) is 0.490. The van der Waals surface area contributed by atoms with Crippen LogP contribution in [0.2, 0.25) is 5.02 Å². The van der Waals surface area contributed by atoms with E-state index in [1.165, 1.54) is 13.2 Å². The number of hydrogen-bond acceptors (Lipinski definition) is 5. The van der Waals surface area contributed by atoms with Crippen LogP contribution in [0.5, 0.6) is 5.75 Å². The lowest BCUT2D eigenvalue weighted by Gasteiger charge is -2.30. The van der Waals surface area contributed by atoms with Gasteiger partial charge in [-0.2, -0.15) is 5.01 Å². The summed E-state index contributed by atoms with van der Waals surface area (Å²) in [5.41, 5.74) is 0.418. The number of carbonyl (C=O) groups is 4. The molecule has 7 nitrogen and oxygen atoms in total. The first-order valence-corrected chi connectivity index (χ1v) is 10.9. The number of benzene rings is 2. The maximum Gasteiger partial charge on any atom is 0.274 e. The summed E-state index contributed by atoms with van der Waals surface area (Å²) in [5.74, 6) is -2.39. The van der Waals surface area contributed by atoms with Gasteiger partial charge in [0.15, 0.2) is 5.78 Å². The highest BCUT2D eigenvalue weighted by atomic mass is 35.5. The Morgan fingerprint density at radius 3 is 2.31 bits per heavy atom. The molecule has 0 spiro atoms. The van der Waals surface area contributed by atoms with Crippen LogP contribution in [0.4, 0.5) is 0 Å². The molecule has 1 saturated carbocycles. The van der Waals surface area contributed by atoms with E-state index in [0.29, 0.717) is 24.2 Å². The van der Waals surface area contributed by atoms with Gasteiger partial charge in [0.05, 0.1) is 29.5 Å². The zero-order valence-electron chi connectivity index (χ0n) is 17.6. The minimum atomic E-state index is -0.674. The van der Waals surface area contributed by atoms with Crippen molar-refractivity contribution in [3.8, 4) is 5.75 Å². The zero-order valence-corrected chi connectivity index (χ0v) is 18.4.